The molecule has 0 saturated carbocycles. The van der Waals surface area contributed by atoms with E-state index in [-0.39, 0.29) is 18.5 Å². The lowest BCUT2D eigenvalue weighted by molar-refractivity contribution is -0.138. The zero-order valence-corrected chi connectivity index (χ0v) is 18.5. The number of rotatable bonds is 5. The first-order valence-corrected chi connectivity index (χ1v) is 11.4. The Morgan fingerprint density at radius 1 is 1.38 bits per heavy atom. The van der Waals surface area contributed by atoms with Gasteiger partial charge in [0.2, 0.25) is 15.9 Å². The number of carbonyl (C=O) groups is 1. The van der Waals surface area contributed by atoms with E-state index in [1.807, 2.05) is 20.9 Å². The molecule has 8 nitrogen and oxygen atoms in total. The summed E-state index contributed by atoms with van der Waals surface area (Å²) < 4.78 is 33.3. The number of aryl methyl sites for hydroxylation is 2. The van der Waals surface area contributed by atoms with Crippen LogP contribution in [0.5, 0.6) is 0 Å². The topological polar surface area (TPSA) is 84.7 Å². The molecule has 29 heavy (non-hydrogen) atoms. The fourth-order valence-electron chi connectivity index (χ4n) is 3.66. The van der Waals surface area contributed by atoms with Crippen LogP contribution in [0.3, 0.4) is 0 Å². The van der Waals surface area contributed by atoms with E-state index in [0.717, 1.165) is 27.5 Å². The van der Waals surface area contributed by atoms with Crippen molar-refractivity contribution in [2.75, 3.05) is 36.9 Å². The second kappa shape index (κ2) is 8.33. The van der Waals surface area contributed by atoms with Gasteiger partial charge in [-0.3, -0.25) is 13.8 Å². The highest BCUT2D eigenvalue weighted by Gasteiger charge is 2.34. The van der Waals surface area contributed by atoms with Gasteiger partial charge in [0.15, 0.2) is 0 Å². The van der Waals surface area contributed by atoms with Gasteiger partial charge in [-0.15, -0.1) is 0 Å². The SMILES string of the molecule is Cc1nn(C)c(C)c1[C@@H]1COCCN1C(=O)CN(c1cccc(Cl)c1)S(C)(=O)=O. The van der Waals surface area contributed by atoms with E-state index in [2.05, 4.69) is 5.10 Å². The minimum Gasteiger partial charge on any atom is -0.377 e. The highest BCUT2D eigenvalue weighted by Crippen LogP contribution is 2.30. The van der Waals surface area contributed by atoms with Crippen LogP contribution in [-0.2, 0) is 26.6 Å². The van der Waals surface area contributed by atoms with Crippen LogP contribution < -0.4 is 4.31 Å². The Kier molecular flexibility index (Phi) is 6.21. The number of benzene rings is 1. The molecule has 158 valence electrons. The molecule has 0 unspecified atom stereocenters. The van der Waals surface area contributed by atoms with Gasteiger partial charge < -0.3 is 9.64 Å². The number of aromatic nitrogens is 2. The van der Waals surface area contributed by atoms with E-state index in [9.17, 15) is 13.2 Å². The normalized spacial score (nSPS) is 17.4. The Balaban J connectivity index is 1.92. The van der Waals surface area contributed by atoms with Crippen molar-refractivity contribution in [1.29, 1.82) is 0 Å². The molecule has 2 heterocycles. The lowest BCUT2D eigenvalue weighted by Gasteiger charge is -2.37. The molecule has 0 N–H and O–H groups in total. The smallest absolute Gasteiger partial charge is 0.244 e. The molecule has 2 aromatic rings. The molecule has 1 fully saturated rings. The number of amides is 1. The fraction of sp³-hybridized carbons (Fsp3) is 0.474. The van der Waals surface area contributed by atoms with E-state index in [4.69, 9.17) is 16.3 Å². The lowest BCUT2D eigenvalue weighted by Crippen LogP contribution is -2.48. The number of sulfonamides is 1. The van der Waals surface area contributed by atoms with Gasteiger partial charge >= 0.3 is 0 Å². The quantitative estimate of drug-likeness (QED) is 0.710. The maximum atomic E-state index is 13.2. The van der Waals surface area contributed by atoms with Gasteiger partial charge in [0, 0.05) is 29.9 Å². The van der Waals surface area contributed by atoms with E-state index in [1.165, 1.54) is 6.07 Å². The average Bonchev–Trinajstić information content (AvgIpc) is 2.90. The number of hydrogen-bond donors (Lipinski definition) is 0. The lowest BCUT2D eigenvalue weighted by atomic mass is 10.0. The van der Waals surface area contributed by atoms with Crippen LogP contribution in [0.25, 0.3) is 0 Å². The highest BCUT2D eigenvalue weighted by molar-refractivity contribution is 7.92. The number of morpholine rings is 1. The van der Waals surface area contributed by atoms with E-state index in [0.29, 0.717) is 30.5 Å². The third kappa shape index (κ3) is 4.57. The third-order valence-electron chi connectivity index (χ3n) is 5.12. The van der Waals surface area contributed by atoms with Crippen molar-refractivity contribution in [1.82, 2.24) is 14.7 Å². The van der Waals surface area contributed by atoms with Gasteiger partial charge in [-0.25, -0.2) is 8.42 Å². The molecule has 0 spiro atoms. The molecule has 1 aromatic carbocycles. The molecule has 1 atom stereocenters. The first-order valence-electron chi connectivity index (χ1n) is 9.20. The van der Waals surface area contributed by atoms with E-state index in [1.54, 1.807) is 27.8 Å². The summed E-state index contributed by atoms with van der Waals surface area (Å²) in [4.78, 5) is 14.9. The van der Waals surface area contributed by atoms with Gasteiger partial charge in [-0.05, 0) is 32.0 Å². The molecule has 3 rings (SSSR count). The van der Waals surface area contributed by atoms with Crippen LogP contribution in [0.1, 0.15) is 23.0 Å². The van der Waals surface area contributed by atoms with E-state index < -0.39 is 10.0 Å². The summed E-state index contributed by atoms with van der Waals surface area (Å²) in [6, 6.07) is 6.14. The molecule has 1 aliphatic heterocycles. The Bertz CT molecular complexity index is 1020. The first-order chi connectivity index (χ1) is 13.6. The van der Waals surface area contributed by atoms with Gasteiger partial charge in [0.1, 0.15) is 6.54 Å². The molecule has 10 heteroatoms. The Morgan fingerprint density at radius 2 is 2.10 bits per heavy atom. The number of nitrogens with zero attached hydrogens (tertiary/aromatic N) is 4. The zero-order valence-electron chi connectivity index (χ0n) is 16.9. The number of hydrogen-bond acceptors (Lipinski definition) is 5. The molecular weight excluding hydrogens is 416 g/mol. The van der Waals surface area contributed by atoms with Gasteiger partial charge in [0.25, 0.3) is 0 Å². The van der Waals surface area contributed by atoms with Crippen LogP contribution in [0.2, 0.25) is 5.02 Å². The molecule has 1 aromatic heterocycles. The molecule has 1 amide bonds. The van der Waals surface area contributed by atoms with Crippen LogP contribution in [-0.4, -0.2) is 61.6 Å². The Morgan fingerprint density at radius 3 is 2.69 bits per heavy atom. The highest BCUT2D eigenvalue weighted by atomic mass is 35.5. The predicted octanol–water partition coefficient (Wildman–Crippen LogP) is 2.06. The van der Waals surface area contributed by atoms with E-state index >= 15 is 0 Å². The second-order valence-corrected chi connectivity index (χ2v) is 9.48. The maximum absolute atomic E-state index is 13.2. The standard InChI is InChI=1S/C19H25ClN4O4S/c1-13-19(14(2)22(3)21-13)17-12-28-9-8-23(17)18(25)11-24(29(4,26)27)16-7-5-6-15(20)10-16/h5-7,10,17H,8-9,11-12H2,1-4H3/t17-/m0/s1. The Hall–Kier alpha value is -2.10. The molecule has 1 saturated heterocycles. The minimum atomic E-state index is -3.68. The van der Waals surface area contributed by atoms with Crippen molar-refractivity contribution in [2.24, 2.45) is 7.05 Å². The third-order valence-corrected chi connectivity index (χ3v) is 6.50. The summed E-state index contributed by atoms with van der Waals surface area (Å²) in [5.74, 6) is -0.300. The molecule has 1 aliphatic rings. The van der Waals surface area contributed by atoms with Crippen molar-refractivity contribution < 1.29 is 17.9 Å². The summed E-state index contributed by atoms with van der Waals surface area (Å²) in [6.07, 6.45) is 1.08. The molecule has 0 bridgehead atoms. The first kappa shape index (κ1) is 21.6. The number of halogens is 1. The van der Waals surface area contributed by atoms with Crippen LogP contribution in [0.15, 0.2) is 24.3 Å². The number of ether oxygens (including phenoxy) is 1. The summed E-state index contributed by atoms with van der Waals surface area (Å²) in [6.45, 7) is 4.65. The number of anilines is 1. The predicted molar refractivity (Wildman–Crippen MR) is 112 cm³/mol. The summed E-state index contributed by atoms with van der Waals surface area (Å²) in [5, 5.41) is 4.84. The van der Waals surface area contributed by atoms with Crippen molar-refractivity contribution in [2.45, 2.75) is 19.9 Å². The maximum Gasteiger partial charge on any atom is 0.244 e. The van der Waals surface area contributed by atoms with Crippen molar-refractivity contribution >= 4 is 33.2 Å². The molecule has 0 radical (unpaired) electrons. The van der Waals surface area contributed by atoms with Gasteiger partial charge in [-0.1, -0.05) is 17.7 Å². The van der Waals surface area contributed by atoms with Crippen LogP contribution in [0.4, 0.5) is 5.69 Å². The average molecular weight is 441 g/mol. The Labute approximate surface area is 176 Å². The molecular formula is C19H25ClN4O4S. The van der Waals surface area contributed by atoms with Gasteiger partial charge in [-0.2, -0.15) is 5.10 Å². The monoisotopic (exact) mass is 440 g/mol. The largest absolute Gasteiger partial charge is 0.377 e. The molecule has 0 aliphatic carbocycles. The summed E-state index contributed by atoms with van der Waals surface area (Å²) >= 11 is 6.02. The minimum absolute atomic E-state index is 0.300. The van der Waals surface area contributed by atoms with Crippen LogP contribution >= 0.6 is 11.6 Å². The van der Waals surface area contributed by atoms with Crippen molar-refractivity contribution in [3.05, 3.63) is 46.2 Å². The summed E-state index contributed by atoms with van der Waals surface area (Å²) in [7, 11) is -1.83. The van der Waals surface area contributed by atoms with Crippen molar-refractivity contribution in [3.63, 3.8) is 0 Å². The van der Waals surface area contributed by atoms with Gasteiger partial charge in [0.05, 0.1) is 36.9 Å². The number of carbonyl (C=O) groups excluding carboxylic acids is 1. The van der Waals surface area contributed by atoms with Crippen molar-refractivity contribution in [3.8, 4) is 0 Å². The summed E-state index contributed by atoms with van der Waals surface area (Å²) in [5.41, 5.74) is 3.07. The van der Waals surface area contributed by atoms with Crippen LogP contribution in [0, 0.1) is 13.8 Å². The second-order valence-electron chi connectivity index (χ2n) is 7.14. The zero-order chi connectivity index (χ0) is 21.3. The fourth-order valence-corrected chi connectivity index (χ4v) is 4.68.